The Morgan fingerprint density at radius 2 is 1.79 bits per heavy atom. The van der Waals surface area contributed by atoms with Crippen LogP contribution >= 0.6 is 11.6 Å². The van der Waals surface area contributed by atoms with Gasteiger partial charge in [-0.05, 0) is 37.4 Å². The zero-order chi connectivity index (χ0) is 19.9. The van der Waals surface area contributed by atoms with Gasteiger partial charge in [-0.15, -0.1) is 0 Å². The Morgan fingerprint density at radius 1 is 1.07 bits per heavy atom. The van der Waals surface area contributed by atoms with Crippen LogP contribution in [0.5, 0.6) is 5.75 Å². The Hall–Kier alpha value is -2.24. The molecule has 2 N–H and O–H groups in total. The third-order valence-electron chi connectivity index (χ3n) is 5.17. The number of anilines is 1. The molecule has 0 spiro atoms. The van der Waals surface area contributed by atoms with Gasteiger partial charge in [0.15, 0.2) is 0 Å². The van der Waals surface area contributed by atoms with Crippen molar-refractivity contribution in [3.63, 3.8) is 0 Å². The fourth-order valence-corrected chi connectivity index (χ4v) is 3.72. The Kier molecular flexibility index (Phi) is 7.18. The molecule has 5 nitrogen and oxygen atoms in total. The number of hydrogen-bond donors (Lipinski definition) is 1. The second kappa shape index (κ2) is 9.80. The highest BCUT2D eigenvalue weighted by molar-refractivity contribution is 6.32. The van der Waals surface area contributed by atoms with Crippen molar-refractivity contribution in [3.05, 3.63) is 53.6 Å². The third-order valence-corrected chi connectivity index (χ3v) is 5.48. The van der Waals surface area contributed by atoms with E-state index in [4.69, 9.17) is 22.1 Å². The zero-order valence-electron chi connectivity index (χ0n) is 16.8. The van der Waals surface area contributed by atoms with Crippen LogP contribution in [0.15, 0.2) is 48.5 Å². The number of aromatic nitrogens is 2. The van der Waals surface area contributed by atoms with Gasteiger partial charge in [0, 0.05) is 13.0 Å². The first-order valence-corrected chi connectivity index (χ1v) is 10.4. The summed E-state index contributed by atoms with van der Waals surface area (Å²) in [4.78, 5) is 2.41. The third kappa shape index (κ3) is 4.59. The summed E-state index contributed by atoms with van der Waals surface area (Å²) in [6.45, 7) is 9.76. The van der Waals surface area contributed by atoms with Crippen molar-refractivity contribution in [2.24, 2.45) is 0 Å². The summed E-state index contributed by atoms with van der Waals surface area (Å²) in [6, 6.07) is 16.0. The number of nitrogens with zero attached hydrogens (tertiary/aromatic N) is 3. The summed E-state index contributed by atoms with van der Waals surface area (Å²) >= 11 is 6.15. The molecule has 3 rings (SSSR count). The van der Waals surface area contributed by atoms with E-state index in [-0.39, 0.29) is 0 Å². The predicted molar refractivity (Wildman–Crippen MR) is 116 cm³/mol. The minimum atomic E-state index is 0.592. The number of fused-ring (bicyclic) bond motifs is 1. The number of nitrogen functional groups attached to an aromatic ring is 1. The van der Waals surface area contributed by atoms with E-state index in [9.17, 15) is 0 Å². The van der Waals surface area contributed by atoms with Crippen molar-refractivity contribution >= 4 is 28.6 Å². The summed E-state index contributed by atoms with van der Waals surface area (Å²) in [6.07, 6.45) is 0.851. The fourth-order valence-electron chi connectivity index (χ4n) is 3.53. The smallest absolute Gasteiger partial charge is 0.356 e. The molecule has 3 aromatic rings. The molecule has 6 heteroatoms. The molecule has 0 radical (unpaired) electrons. The summed E-state index contributed by atoms with van der Waals surface area (Å²) in [5.41, 5.74) is 8.89. The van der Waals surface area contributed by atoms with E-state index in [1.807, 2.05) is 24.3 Å². The molecule has 150 valence electrons. The van der Waals surface area contributed by atoms with Crippen molar-refractivity contribution in [2.75, 3.05) is 32.0 Å². The summed E-state index contributed by atoms with van der Waals surface area (Å²) < 4.78 is 10.2. The van der Waals surface area contributed by atoms with E-state index in [0.29, 0.717) is 11.6 Å². The molecule has 1 aromatic heterocycles. The van der Waals surface area contributed by atoms with Gasteiger partial charge < -0.3 is 9.64 Å². The molecule has 0 unspecified atom stereocenters. The van der Waals surface area contributed by atoms with Gasteiger partial charge in [-0.25, -0.2) is 9.13 Å². The molecule has 0 aliphatic carbocycles. The van der Waals surface area contributed by atoms with Gasteiger partial charge in [0.05, 0.1) is 24.7 Å². The molecule has 0 amide bonds. The van der Waals surface area contributed by atoms with E-state index in [2.05, 4.69) is 52.1 Å². The van der Waals surface area contributed by atoms with E-state index in [1.165, 1.54) is 5.52 Å². The average Bonchev–Trinajstić information content (AvgIpc) is 2.98. The number of para-hydroxylation sites is 3. The van der Waals surface area contributed by atoms with Crippen LogP contribution in [0, 0.1) is 0 Å². The SMILES string of the molecule is CCN(CC)CCn1c(N)[n+](CCCOc2ccccc2Cl)c2ccccc21. The number of imidazole rings is 1. The van der Waals surface area contributed by atoms with Gasteiger partial charge in [0.1, 0.15) is 16.8 Å². The number of likely N-dealkylation sites (N-methyl/N-ethyl adjacent to an activating group) is 1. The number of ether oxygens (including phenoxy) is 1. The Bertz CT molecular complexity index is 905. The van der Waals surface area contributed by atoms with Crippen LogP contribution in [-0.2, 0) is 13.1 Å². The lowest BCUT2D eigenvalue weighted by Crippen LogP contribution is -2.38. The Labute approximate surface area is 172 Å². The van der Waals surface area contributed by atoms with E-state index in [1.54, 1.807) is 0 Å². The molecule has 28 heavy (non-hydrogen) atoms. The monoisotopic (exact) mass is 401 g/mol. The highest BCUT2D eigenvalue weighted by Crippen LogP contribution is 2.23. The quantitative estimate of drug-likeness (QED) is 0.413. The molecule has 0 fully saturated rings. The van der Waals surface area contributed by atoms with Gasteiger partial charge in [-0.2, -0.15) is 0 Å². The fraction of sp³-hybridized carbons (Fsp3) is 0.409. The number of halogens is 1. The number of rotatable bonds is 10. The maximum Gasteiger partial charge on any atom is 0.356 e. The Balaban J connectivity index is 1.70. The van der Waals surface area contributed by atoms with Crippen LogP contribution in [-0.4, -0.2) is 35.7 Å². The molecule has 0 atom stereocenters. The minimum Gasteiger partial charge on any atom is -0.492 e. The topological polar surface area (TPSA) is 47.3 Å². The van der Waals surface area contributed by atoms with Crippen LogP contribution < -0.4 is 15.0 Å². The van der Waals surface area contributed by atoms with Crippen LogP contribution in [0.25, 0.3) is 11.0 Å². The number of hydrogen-bond acceptors (Lipinski definition) is 3. The summed E-state index contributed by atoms with van der Waals surface area (Å²) in [5, 5.41) is 0.641. The van der Waals surface area contributed by atoms with Crippen molar-refractivity contribution in [2.45, 2.75) is 33.4 Å². The number of nitrogens with two attached hydrogens (primary N) is 1. The van der Waals surface area contributed by atoms with Crippen molar-refractivity contribution < 1.29 is 9.30 Å². The normalized spacial score (nSPS) is 11.4. The summed E-state index contributed by atoms with van der Waals surface area (Å²) in [5.74, 6) is 1.52. The number of aryl methyl sites for hydroxylation is 1. The Morgan fingerprint density at radius 3 is 2.54 bits per heavy atom. The van der Waals surface area contributed by atoms with Gasteiger partial charge in [0.2, 0.25) is 0 Å². The first-order chi connectivity index (χ1) is 13.7. The van der Waals surface area contributed by atoms with Gasteiger partial charge in [-0.3, -0.25) is 5.73 Å². The minimum absolute atomic E-state index is 0.592. The van der Waals surface area contributed by atoms with E-state index in [0.717, 1.165) is 56.4 Å². The molecular weight excluding hydrogens is 372 g/mol. The summed E-state index contributed by atoms with van der Waals surface area (Å²) in [7, 11) is 0. The van der Waals surface area contributed by atoms with Crippen molar-refractivity contribution in [1.82, 2.24) is 9.47 Å². The van der Waals surface area contributed by atoms with E-state index >= 15 is 0 Å². The lowest BCUT2D eigenvalue weighted by molar-refractivity contribution is -0.657. The van der Waals surface area contributed by atoms with Gasteiger partial charge in [0.25, 0.3) is 0 Å². The largest absolute Gasteiger partial charge is 0.492 e. The van der Waals surface area contributed by atoms with Crippen molar-refractivity contribution in [1.29, 1.82) is 0 Å². The number of benzene rings is 2. The maximum atomic E-state index is 6.55. The predicted octanol–water partition coefficient (Wildman–Crippen LogP) is 3.98. The highest BCUT2D eigenvalue weighted by Gasteiger charge is 2.20. The maximum absolute atomic E-state index is 6.55. The lowest BCUT2D eigenvalue weighted by Gasteiger charge is -2.17. The van der Waals surface area contributed by atoms with Gasteiger partial charge >= 0.3 is 5.95 Å². The molecule has 2 aromatic carbocycles. The molecule has 0 saturated carbocycles. The zero-order valence-corrected chi connectivity index (χ0v) is 17.5. The van der Waals surface area contributed by atoms with E-state index < -0.39 is 0 Å². The molecule has 0 saturated heterocycles. The second-order valence-corrected chi connectivity index (χ2v) is 7.22. The molecule has 0 aliphatic rings. The molecule has 0 bridgehead atoms. The van der Waals surface area contributed by atoms with Crippen LogP contribution in [0.3, 0.4) is 0 Å². The van der Waals surface area contributed by atoms with Gasteiger partial charge in [-0.1, -0.05) is 49.7 Å². The molecular formula is C22H30ClN4O+. The first-order valence-electron chi connectivity index (χ1n) is 10.0. The highest BCUT2D eigenvalue weighted by atomic mass is 35.5. The van der Waals surface area contributed by atoms with Crippen molar-refractivity contribution in [3.8, 4) is 5.75 Å². The lowest BCUT2D eigenvalue weighted by atomic mass is 10.3. The first kappa shape index (κ1) is 20.5. The van der Waals surface area contributed by atoms with Crippen LogP contribution in [0.2, 0.25) is 5.02 Å². The standard InChI is InChI=1S/C22H29ClN4O/c1-3-25(4-2)15-16-27-20-12-7-6-11-19(20)26(22(27)24)14-9-17-28-21-13-8-5-10-18(21)23/h5-8,10-13,24H,3-4,9,14-17H2,1-2H3/p+1. The van der Waals surface area contributed by atoms with Crippen LogP contribution in [0.4, 0.5) is 5.95 Å². The average molecular weight is 402 g/mol. The molecule has 0 aliphatic heterocycles. The second-order valence-electron chi connectivity index (χ2n) is 6.81. The van der Waals surface area contributed by atoms with Crippen LogP contribution in [0.1, 0.15) is 20.3 Å². The molecule has 1 heterocycles.